The Hall–Kier alpha value is -0.520. The molecule has 3 N–H and O–H groups in total. The molecule has 0 radical (unpaired) electrons. The summed E-state index contributed by atoms with van der Waals surface area (Å²) in [5.41, 5.74) is 5.14. The molecule has 2 atom stereocenters. The Labute approximate surface area is 83.4 Å². The largest absolute Gasteiger partial charge is 0.369 e. The average molecular weight is 210 g/mol. The molecule has 0 saturated heterocycles. The van der Waals surface area contributed by atoms with Gasteiger partial charge < -0.3 is 15.2 Å². The SMILES string of the molecule is CCOC(C)OC(C)N(Cl)C(=N)N. The Kier molecular flexibility index (Phi) is 5.77. The summed E-state index contributed by atoms with van der Waals surface area (Å²) in [7, 11) is 0. The zero-order valence-electron chi connectivity index (χ0n) is 8.08. The third kappa shape index (κ3) is 4.92. The maximum Gasteiger partial charge on any atom is 0.205 e. The first-order valence-corrected chi connectivity index (χ1v) is 4.39. The Balaban J connectivity index is 3.84. The minimum absolute atomic E-state index is 0.252. The first-order chi connectivity index (χ1) is 5.99. The van der Waals surface area contributed by atoms with Gasteiger partial charge in [0, 0.05) is 18.4 Å². The van der Waals surface area contributed by atoms with Gasteiger partial charge in [0.25, 0.3) is 0 Å². The molecule has 0 aromatic carbocycles. The Bertz CT molecular complexity index is 168. The number of ether oxygens (including phenoxy) is 2. The molecule has 0 aliphatic carbocycles. The topological polar surface area (TPSA) is 71.6 Å². The number of halogens is 1. The lowest BCUT2D eigenvalue weighted by Gasteiger charge is -2.24. The van der Waals surface area contributed by atoms with E-state index in [1.165, 1.54) is 0 Å². The van der Waals surface area contributed by atoms with Gasteiger partial charge in [0.2, 0.25) is 5.96 Å². The third-order valence-electron chi connectivity index (χ3n) is 1.34. The van der Waals surface area contributed by atoms with Gasteiger partial charge in [-0.3, -0.25) is 5.41 Å². The van der Waals surface area contributed by atoms with E-state index in [0.29, 0.717) is 6.61 Å². The number of rotatable bonds is 5. The van der Waals surface area contributed by atoms with Gasteiger partial charge in [-0.1, -0.05) is 0 Å². The lowest BCUT2D eigenvalue weighted by molar-refractivity contribution is -0.169. The van der Waals surface area contributed by atoms with Crippen LogP contribution in [0.4, 0.5) is 0 Å². The molecule has 0 bridgehead atoms. The van der Waals surface area contributed by atoms with Crippen LogP contribution in [0, 0.1) is 5.41 Å². The quantitative estimate of drug-likeness (QED) is 0.308. The van der Waals surface area contributed by atoms with E-state index in [1.807, 2.05) is 6.92 Å². The molecule has 0 aliphatic heterocycles. The minimum Gasteiger partial charge on any atom is -0.369 e. The average Bonchev–Trinajstić information content (AvgIpc) is 2.03. The summed E-state index contributed by atoms with van der Waals surface area (Å²) in [5.74, 6) is -0.252. The van der Waals surface area contributed by atoms with Crippen molar-refractivity contribution in [1.82, 2.24) is 4.42 Å². The van der Waals surface area contributed by atoms with Crippen LogP contribution >= 0.6 is 11.8 Å². The van der Waals surface area contributed by atoms with Crippen LogP contribution in [0.5, 0.6) is 0 Å². The van der Waals surface area contributed by atoms with Gasteiger partial charge in [-0.05, 0) is 20.8 Å². The molecule has 0 aliphatic rings. The second-order valence-corrected chi connectivity index (χ2v) is 2.82. The molecule has 2 unspecified atom stereocenters. The minimum atomic E-state index is -0.485. The highest BCUT2D eigenvalue weighted by molar-refractivity contribution is 6.21. The van der Waals surface area contributed by atoms with Crippen molar-refractivity contribution in [1.29, 1.82) is 5.41 Å². The van der Waals surface area contributed by atoms with Gasteiger partial charge in [0.1, 0.15) is 6.23 Å². The molecular formula is C7H16ClN3O2. The Morgan fingerprint density at radius 3 is 2.54 bits per heavy atom. The highest BCUT2D eigenvalue weighted by Crippen LogP contribution is 2.07. The van der Waals surface area contributed by atoms with Crippen LogP contribution in [-0.2, 0) is 9.47 Å². The van der Waals surface area contributed by atoms with E-state index in [1.54, 1.807) is 13.8 Å². The van der Waals surface area contributed by atoms with Crippen molar-refractivity contribution in [2.45, 2.75) is 33.3 Å². The van der Waals surface area contributed by atoms with Gasteiger partial charge in [-0.25, -0.2) is 4.42 Å². The Morgan fingerprint density at radius 1 is 1.62 bits per heavy atom. The monoisotopic (exact) mass is 209 g/mol. The molecule has 5 nitrogen and oxygen atoms in total. The van der Waals surface area contributed by atoms with E-state index >= 15 is 0 Å². The van der Waals surface area contributed by atoms with Crippen molar-refractivity contribution in [2.75, 3.05) is 6.61 Å². The van der Waals surface area contributed by atoms with E-state index in [9.17, 15) is 0 Å². The molecule has 13 heavy (non-hydrogen) atoms. The Morgan fingerprint density at radius 2 is 2.15 bits per heavy atom. The van der Waals surface area contributed by atoms with Crippen molar-refractivity contribution >= 4 is 17.7 Å². The summed E-state index contributed by atoms with van der Waals surface area (Å²) >= 11 is 5.61. The predicted octanol–water partition coefficient (Wildman–Crippen LogP) is 1.08. The summed E-state index contributed by atoms with van der Waals surface area (Å²) in [4.78, 5) is 0. The molecule has 0 rings (SSSR count). The second-order valence-electron chi connectivity index (χ2n) is 2.45. The van der Waals surface area contributed by atoms with Crippen LogP contribution in [0.25, 0.3) is 0 Å². The number of nitrogens with one attached hydrogen (secondary N) is 1. The van der Waals surface area contributed by atoms with E-state index < -0.39 is 6.23 Å². The number of nitrogens with zero attached hydrogens (tertiary/aromatic N) is 1. The standard InChI is InChI=1S/C7H16ClN3O2/c1-4-12-6(3)13-5(2)11(8)7(9)10/h5-6H,4H2,1-3H3,(H3,9,10). The fourth-order valence-electron chi connectivity index (χ4n) is 0.801. The molecule has 78 valence electrons. The number of hydrogen-bond donors (Lipinski definition) is 2. The summed E-state index contributed by atoms with van der Waals surface area (Å²) in [6.07, 6.45) is -0.846. The van der Waals surface area contributed by atoms with Crippen molar-refractivity contribution in [3.63, 3.8) is 0 Å². The molecule has 6 heteroatoms. The third-order valence-corrected chi connectivity index (χ3v) is 1.80. The maximum atomic E-state index is 7.03. The summed E-state index contributed by atoms with van der Waals surface area (Å²) < 4.78 is 11.4. The van der Waals surface area contributed by atoms with E-state index in [4.69, 9.17) is 32.4 Å². The van der Waals surface area contributed by atoms with Crippen LogP contribution < -0.4 is 5.73 Å². The predicted molar refractivity (Wildman–Crippen MR) is 51.2 cm³/mol. The van der Waals surface area contributed by atoms with Crippen molar-refractivity contribution in [2.24, 2.45) is 5.73 Å². The fourth-order valence-corrected chi connectivity index (χ4v) is 0.847. The first kappa shape index (κ1) is 12.5. The second kappa shape index (κ2) is 6.01. The molecule has 0 saturated carbocycles. The molecule has 0 amide bonds. The lowest BCUT2D eigenvalue weighted by atomic mass is 10.6. The van der Waals surface area contributed by atoms with Crippen LogP contribution in [0.1, 0.15) is 20.8 Å². The maximum absolute atomic E-state index is 7.03. The number of nitrogens with two attached hydrogens (primary N) is 1. The first-order valence-electron chi connectivity index (χ1n) is 4.05. The molecule has 0 fully saturated rings. The summed E-state index contributed by atoms with van der Waals surface area (Å²) in [5, 5.41) is 7.03. The van der Waals surface area contributed by atoms with Crippen molar-refractivity contribution in [3.05, 3.63) is 0 Å². The highest BCUT2D eigenvalue weighted by atomic mass is 35.5. The number of hydrogen-bond acceptors (Lipinski definition) is 3. The highest BCUT2D eigenvalue weighted by Gasteiger charge is 2.16. The molecule has 0 aromatic heterocycles. The smallest absolute Gasteiger partial charge is 0.205 e. The number of guanidine groups is 1. The summed E-state index contributed by atoms with van der Waals surface area (Å²) in [6, 6.07) is 0. The fraction of sp³-hybridized carbons (Fsp3) is 0.857. The van der Waals surface area contributed by atoms with Gasteiger partial charge in [0.15, 0.2) is 6.29 Å². The lowest BCUT2D eigenvalue weighted by Crippen LogP contribution is -2.39. The van der Waals surface area contributed by atoms with Gasteiger partial charge in [-0.15, -0.1) is 0 Å². The van der Waals surface area contributed by atoms with Crippen molar-refractivity contribution < 1.29 is 9.47 Å². The van der Waals surface area contributed by atoms with E-state index in [-0.39, 0.29) is 12.2 Å². The normalized spacial score (nSPS) is 15.1. The zero-order valence-corrected chi connectivity index (χ0v) is 8.84. The van der Waals surface area contributed by atoms with E-state index in [0.717, 1.165) is 4.42 Å². The molecular weight excluding hydrogens is 194 g/mol. The van der Waals surface area contributed by atoms with Gasteiger partial charge in [-0.2, -0.15) is 0 Å². The molecule has 0 heterocycles. The van der Waals surface area contributed by atoms with Crippen LogP contribution in [0.3, 0.4) is 0 Å². The van der Waals surface area contributed by atoms with Crippen molar-refractivity contribution in [3.8, 4) is 0 Å². The van der Waals surface area contributed by atoms with Crippen LogP contribution in [-0.4, -0.2) is 29.5 Å². The molecule has 0 aromatic rings. The summed E-state index contributed by atoms with van der Waals surface area (Å²) in [6.45, 7) is 5.87. The van der Waals surface area contributed by atoms with Gasteiger partial charge >= 0.3 is 0 Å². The van der Waals surface area contributed by atoms with E-state index in [2.05, 4.69) is 0 Å². The molecule has 0 spiro atoms. The van der Waals surface area contributed by atoms with Gasteiger partial charge in [0.05, 0.1) is 0 Å². The van der Waals surface area contributed by atoms with Crippen LogP contribution in [0.2, 0.25) is 0 Å². The zero-order chi connectivity index (χ0) is 10.4. The van der Waals surface area contributed by atoms with Crippen LogP contribution in [0.15, 0.2) is 0 Å².